The second kappa shape index (κ2) is 8.58. The van der Waals surface area contributed by atoms with E-state index in [0.717, 1.165) is 25.2 Å². The number of ether oxygens (including phenoxy) is 2. The second-order valence-electron chi connectivity index (χ2n) is 8.99. The number of piperazine rings is 1. The van der Waals surface area contributed by atoms with Crippen LogP contribution in [0.1, 0.15) is 22.7 Å². The van der Waals surface area contributed by atoms with Crippen LogP contribution in [0, 0.1) is 0 Å². The van der Waals surface area contributed by atoms with Crippen LogP contribution in [0.15, 0.2) is 42.5 Å². The SMILES string of the molecule is CN1CCN2c3ccccc3Cc3cc(O[C@@H]4O[C@H](C(=O)O)[C@@H](O)[C@H](O)[C@H]4O)ccc3[C@H]2C1. The summed E-state index contributed by atoms with van der Waals surface area (Å²) in [5.74, 6) is -1.05. The number of carbonyl (C=O) groups is 1. The minimum absolute atomic E-state index is 0.182. The van der Waals surface area contributed by atoms with Crippen molar-refractivity contribution < 1.29 is 34.7 Å². The number of carboxylic acids is 1. The normalized spacial score (nSPS) is 31.7. The Bertz CT molecular complexity index is 1050. The third-order valence-corrected chi connectivity index (χ3v) is 6.80. The Hall–Kier alpha value is -2.69. The fourth-order valence-corrected chi connectivity index (χ4v) is 5.04. The molecular formula is C24H28N2O7. The number of hydrogen-bond donors (Lipinski definition) is 4. The molecule has 0 aromatic heterocycles. The number of nitrogens with zero attached hydrogens (tertiary/aromatic N) is 2. The van der Waals surface area contributed by atoms with Gasteiger partial charge in [0.1, 0.15) is 24.1 Å². The van der Waals surface area contributed by atoms with Crippen molar-refractivity contribution in [1.29, 1.82) is 0 Å². The Labute approximate surface area is 191 Å². The van der Waals surface area contributed by atoms with Crippen LogP contribution in [-0.4, -0.2) is 88.7 Å². The average Bonchev–Trinajstić information content (AvgIpc) is 2.93. The Kier molecular flexibility index (Phi) is 5.75. The number of likely N-dealkylation sites (N-methyl/N-ethyl adjacent to an activating group) is 1. The zero-order valence-electron chi connectivity index (χ0n) is 18.2. The van der Waals surface area contributed by atoms with E-state index in [1.807, 2.05) is 18.2 Å². The zero-order valence-corrected chi connectivity index (χ0v) is 18.2. The van der Waals surface area contributed by atoms with E-state index >= 15 is 0 Å². The van der Waals surface area contributed by atoms with Gasteiger partial charge in [-0.25, -0.2) is 4.79 Å². The van der Waals surface area contributed by atoms with Crippen molar-refractivity contribution in [3.8, 4) is 5.75 Å². The van der Waals surface area contributed by atoms with Crippen LogP contribution in [0.5, 0.6) is 5.75 Å². The summed E-state index contributed by atoms with van der Waals surface area (Å²) in [4.78, 5) is 16.1. The van der Waals surface area contributed by atoms with Crippen molar-refractivity contribution in [2.24, 2.45) is 0 Å². The molecule has 5 rings (SSSR count). The lowest BCUT2D eigenvalue weighted by molar-refractivity contribution is -0.271. The van der Waals surface area contributed by atoms with E-state index in [-0.39, 0.29) is 6.04 Å². The summed E-state index contributed by atoms with van der Waals surface area (Å²) >= 11 is 0. The van der Waals surface area contributed by atoms with Gasteiger partial charge in [0.05, 0.1) is 6.04 Å². The number of aliphatic hydroxyl groups is 3. The maximum Gasteiger partial charge on any atom is 0.335 e. The molecule has 0 spiro atoms. The number of carboxylic acid groups (broad SMARTS) is 1. The maximum atomic E-state index is 11.4. The Morgan fingerprint density at radius 3 is 2.61 bits per heavy atom. The molecule has 0 radical (unpaired) electrons. The lowest BCUT2D eigenvalue weighted by Gasteiger charge is -2.42. The van der Waals surface area contributed by atoms with Crippen molar-refractivity contribution in [2.75, 3.05) is 31.6 Å². The molecule has 0 unspecified atom stereocenters. The highest BCUT2D eigenvalue weighted by molar-refractivity contribution is 5.73. The van der Waals surface area contributed by atoms with Crippen molar-refractivity contribution in [2.45, 2.75) is 43.2 Å². The standard InChI is InChI=1S/C24H28N2O7/c1-25-8-9-26-17-5-3-2-4-13(17)10-14-11-15(6-7-16(14)18(26)12-25)32-24-21(29)19(27)20(28)22(33-24)23(30)31/h2-7,11,18-22,24,27-29H,8-10,12H2,1H3,(H,30,31)/t18-,19+,20+,21-,22+,24-/m1/s1. The molecule has 9 heteroatoms. The van der Waals surface area contributed by atoms with Crippen LogP contribution >= 0.6 is 0 Å². The quantitative estimate of drug-likeness (QED) is 0.518. The molecule has 3 aliphatic rings. The van der Waals surface area contributed by atoms with Crippen LogP contribution in [0.3, 0.4) is 0 Å². The minimum Gasteiger partial charge on any atom is -0.479 e. The van der Waals surface area contributed by atoms with Gasteiger partial charge in [-0.05, 0) is 48.4 Å². The van der Waals surface area contributed by atoms with Gasteiger partial charge in [0.2, 0.25) is 6.29 Å². The zero-order chi connectivity index (χ0) is 23.3. The highest BCUT2D eigenvalue weighted by Gasteiger charge is 2.48. The van der Waals surface area contributed by atoms with E-state index in [1.165, 1.54) is 16.8 Å². The molecule has 6 atom stereocenters. The summed E-state index contributed by atoms with van der Waals surface area (Å²) in [6.07, 6.45) is -7.49. The molecule has 0 bridgehead atoms. The largest absolute Gasteiger partial charge is 0.479 e. The smallest absolute Gasteiger partial charge is 0.335 e. The fourth-order valence-electron chi connectivity index (χ4n) is 5.04. The number of para-hydroxylation sites is 1. The molecule has 2 fully saturated rings. The molecule has 0 amide bonds. The summed E-state index contributed by atoms with van der Waals surface area (Å²) in [6, 6.07) is 14.2. The van der Waals surface area contributed by atoms with E-state index in [4.69, 9.17) is 9.47 Å². The highest BCUT2D eigenvalue weighted by atomic mass is 16.7. The Morgan fingerprint density at radius 2 is 1.82 bits per heavy atom. The van der Waals surface area contributed by atoms with Gasteiger partial charge in [-0.15, -0.1) is 0 Å². The first kappa shape index (κ1) is 22.1. The third-order valence-electron chi connectivity index (χ3n) is 6.80. The first-order valence-electron chi connectivity index (χ1n) is 11.1. The topological polar surface area (TPSA) is 123 Å². The lowest BCUT2D eigenvalue weighted by Crippen LogP contribution is -2.61. The predicted octanol–water partition coefficient (Wildman–Crippen LogP) is 0.355. The highest BCUT2D eigenvalue weighted by Crippen LogP contribution is 2.40. The van der Waals surface area contributed by atoms with E-state index in [1.54, 1.807) is 6.07 Å². The Morgan fingerprint density at radius 1 is 1.03 bits per heavy atom. The number of rotatable bonds is 3. The van der Waals surface area contributed by atoms with E-state index in [2.05, 4.69) is 35.0 Å². The average molecular weight is 456 g/mol. The van der Waals surface area contributed by atoms with Crippen LogP contribution < -0.4 is 9.64 Å². The van der Waals surface area contributed by atoms with E-state index < -0.39 is 36.7 Å². The predicted molar refractivity (Wildman–Crippen MR) is 118 cm³/mol. The lowest BCUT2D eigenvalue weighted by atomic mass is 9.95. The first-order chi connectivity index (χ1) is 15.8. The number of hydrogen-bond acceptors (Lipinski definition) is 8. The summed E-state index contributed by atoms with van der Waals surface area (Å²) in [5, 5.41) is 39.5. The molecule has 2 saturated heterocycles. The molecule has 33 heavy (non-hydrogen) atoms. The van der Waals surface area contributed by atoms with Crippen molar-refractivity contribution in [3.05, 3.63) is 59.2 Å². The van der Waals surface area contributed by atoms with Gasteiger partial charge in [0.15, 0.2) is 6.10 Å². The summed E-state index contributed by atoms with van der Waals surface area (Å²) in [6.45, 7) is 2.79. The summed E-state index contributed by atoms with van der Waals surface area (Å²) in [5.41, 5.74) is 4.70. The van der Waals surface area contributed by atoms with E-state index in [0.29, 0.717) is 12.2 Å². The second-order valence-corrected chi connectivity index (χ2v) is 8.99. The third kappa shape index (κ3) is 3.96. The summed E-state index contributed by atoms with van der Waals surface area (Å²) in [7, 11) is 2.12. The van der Waals surface area contributed by atoms with E-state index in [9.17, 15) is 25.2 Å². The number of aliphatic carboxylic acids is 1. The van der Waals surface area contributed by atoms with Crippen LogP contribution in [0.25, 0.3) is 0 Å². The molecule has 0 aliphatic carbocycles. The molecule has 3 heterocycles. The molecule has 9 nitrogen and oxygen atoms in total. The van der Waals surface area contributed by atoms with Gasteiger partial charge in [-0.2, -0.15) is 0 Å². The number of fused-ring (bicyclic) bond motifs is 5. The molecule has 4 N–H and O–H groups in total. The molecule has 2 aromatic carbocycles. The molecule has 3 aliphatic heterocycles. The Balaban J connectivity index is 1.46. The van der Waals surface area contributed by atoms with Gasteiger partial charge < -0.3 is 39.7 Å². The van der Waals surface area contributed by atoms with Crippen LogP contribution in [0.4, 0.5) is 5.69 Å². The van der Waals surface area contributed by atoms with Gasteiger partial charge >= 0.3 is 5.97 Å². The van der Waals surface area contributed by atoms with Crippen molar-refractivity contribution in [3.63, 3.8) is 0 Å². The molecule has 0 saturated carbocycles. The van der Waals surface area contributed by atoms with Crippen molar-refractivity contribution >= 4 is 11.7 Å². The van der Waals surface area contributed by atoms with Crippen LogP contribution in [0.2, 0.25) is 0 Å². The number of aliphatic hydroxyl groups excluding tert-OH is 3. The molecule has 176 valence electrons. The molecular weight excluding hydrogens is 428 g/mol. The molecule has 2 aromatic rings. The van der Waals surface area contributed by atoms with Gasteiger partial charge in [0, 0.05) is 25.3 Å². The fraction of sp³-hybridized carbons (Fsp3) is 0.458. The van der Waals surface area contributed by atoms with Gasteiger partial charge in [0.25, 0.3) is 0 Å². The summed E-state index contributed by atoms with van der Waals surface area (Å²) < 4.78 is 11.1. The maximum absolute atomic E-state index is 11.4. The van der Waals surface area contributed by atoms with Gasteiger partial charge in [-0.3, -0.25) is 0 Å². The van der Waals surface area contributed by atoms with Crippen molar-refractivity contribution in [1.82, 2.24) is 4.90 Å². The van der Waals surface area contributed by atoms with Gasteiger partial charge in [-0.1, -0.05) is 24.3 Å². The number of anilines is 1. The van der Waals surface area contributed by atoms with Crippen LogP contribution in [-0.2, 0) is 16.0 Å². The number of benzene rings is 2. The minimum atomic E-state index is -1.75. The monoisotopic (exact) mass is 456 g/mol. The first-order valence-corrected chi connectivity index (χ1v) is 11.1.